The highest BCUT2D eigenvalue weighted by Crippen LogP contribution is 2.30. The molecule has 2 heterocycles. The van der Waals surface area contributed by atoms with E-state index in [4.69, 9.17) is 11.6 Å². The Morgan fingerprint density at radius 1 is 1.21 bits per heavy atom. The Morgan fingerprint density at radius 3 is 2.75 bits per heavy atom. The van der Waals surface area contributed by atoms with Crippen LogP contribution in [0.15, 0.2) is 53.0 Å². The van der Waals surface area contributed by atoms with Crippen molar-refractivity contribution in [1.82, 2.24) is 9.78 Å². The van der Waals surface area contributed by atoms with Gasteiger partial charge in [0, 0.05) is 20.6 Å². The van der Waals surface area contributed by atoms with E-state index in [0.717, 1.165) is 37.2 Å². The monoisotopic (exact) mass is 473 g/mol. The van der Waals surface area contributed by atoms with Crippen molar-refractivity contribution in [2.24, 2.45) is 0 Å². The van der Waals surface area contributed by atoms with Gasteiger partial charge < -0.3 is 5.32 Å². The highest BCUT2D eigenvalue weighted by atomic mass is 79.9. The zero-order chi connectivity index (χ0) is 19.8. The lowest BCUT2D eigenvalue weighted by Crippen LogP contribution is -2.10. The van der Waals surface area contributed by atoms with Crippen LogP contribution in [-0.4, -0.2) is 15.7 Å². The molecule has 0 radical (unpaired) electrons. The molecule has 2 aromatic carbocycles. The second-order valence-electron chi connectivity index (χ2n) is 6.58. The van der Waals surface area contributed by atoms with Crippen molar-refractivity contribution >= 4 is 60.7 Å². The lowest BCUT2D eigenvalue weighted by molar-refractivity contribution is 0.103. The number of benzene rings is 2. The summed E-state index contributed by atoms with van der Waals surface area (Å²) in [6, 6.07) is 15.4. The molecule has 4 aromatic rings. The van der Waals surface area contributed by atoms with Gasteiger partial charge in [-0.15, -0.1) is 11.3 Å². The van der Waals surface area contributed by atoms with Crippen molar-refractivity contribution in [2.45, 2.75) is 20.4 Å². The Bertz CT molecular complexity index is 1200. The number of aryl methyl sites for hydroxylation is 2. The van der Waals surface area contributed by atoms with Crippen molar-refractivity contribution in [3.05, 3.63) is 79.7 Å². The first-order valence-corrected chi connectivity index (χ1v) is 10.7. The summed E-state index contributed by atoms with van der Waals surface area (Å²) in [5, 5.41) is 9.30. The fraction of sp³-hybridized carbons (Fsp3) is 0.143. The minimum absolute atomic E-state index is 0.119. The number of amides is 1. The lowest BCUT2D eigenvalue weighted by atomic mass is 10.2. The van der Waals surface area contributed by atoms with Gasteiger partial charge in [0.25, 0.3) is 5.91 Å². The second-order valence-corrected chi connectivity index (χ2v) is 8.87. The predicted octanol–water partition coefficient (Wildman–Crippen LogP) is 6.43. The van der Waals surface area contributed by atoms with Crippen LogP contribution < -0.4 is 5.32 Å². The normalized spacial score (nSPS) is 11.1. The molecule has 0 bridgehead atoms. The van der Waals surface area contributed by atoms with Gasteiger partial charge in [-0.05, 0) is 55.3 Å². The fourth-order valence-corrected chi connectivity index (χ4v) is 4.53. The zero-order valence-electron chi connectivity index (χ0n) is 15.3. The summed E-state index contributed by atoms with van der Waals surface area (Å²) in [4.78, 5) is 14.4. The molecule has 2 aromatic heterocycles. The number of carbonyl (C=O) groups is 1. The van der Waals surface area contributed by atoms with E-state index in [1.165, 1.54) is 11.3 Å². The number of thiophene rings is 1. The third-order valence-corrected chi connectivity index (χ3v) is 6.93. The molecule has 0 aliphatic rings. The molecule has 0 saturated carbocycles. The van der Waals surface area contributed by atoms with Gasteiger partial charge in [0.15, 0.2) is 0 Å². The van der Waals surface area contributed by atoms with Crippen molar-refractivity contribution < 1.29 is 4.79 Å². The Morgan fingerprint density at radius 2 is 2.00 bits per heavy atom. The maximum absolute atomic E-state index is 12.7. The van der Waals surface area contributed by atoms with Crippen LogP contribution in [-0.2, 0) is 6.54 Å². The zero-order valence-corrected chi connectivity index (χ0v) is 18.5. The van der Waals surface area contributed by atoms with Crippen LogP contribution in [0.5, 0.6) is 0 Å². The topological polar surface area (TPSA) is 46.9 Å². The molecule has 0 saturated heterocycles. The number of rotatable bonds is 4. The van der Waals surface area contributed by atoms with Gasteiger partial charge >= 0.3 is 0 Å². The molecular weight excluding hydrogens is 458 g/mol. The molecule has 0 spiro atoms. The molecule has 0 aliphatic carbocycles. The molecule has 1 N–H and O–H groups in total. The summed E-state index contributed by atoms with van der Waals surface area (Å²) in [6.45, 7) is 4.52. The van der Waals surface area contributed by atoms with Gasteiger partial charge in [-0.25, -0.2) is 0 Å². The molecular formula is C21H17BrClN3OS. The van der Waals surface area contributed by atoms with Gasteiger partial charge in [-0.1, -0.05) is 45.7 Å². The fourth-order valence-electron chi connectivity index (χ4n) is 3.03. The van der Waals surface area contributed by atoms with Crippen molar-refractivity contribution in [2.75, 3.05) is 5.32 Å². The van der Waals surface area contributed by atoms with E-state index in [1.54, 1.807) is 0 Å². The van der Waals surface area contributed by atoms with Gasteiger partial charge in [-0.2, -0.15) is 5.10 Å². The number of anilines is 1. The van der Waals surface area contributed by atoms with E-state index in [-0.39, 0.29) is 5.91 Å². The maximum Gasteiger partial charge on any atom is 0.265 e. The third kappa shape index (κ3) is 3.72. The summed E-state index contributed by atoms with van der Waals surface area (Å²) in [5.74, 6) is -0.119. The quantitative estimate of drug-likeness (QED) is 0.370. The number of halogens is 2. The summed E-state index contributed by atoms with van der Waals surface area (Å²) >= 11 is 11.2. The van der Waals surface area contributed by atoms with Crippen LogP contribution in [0, 0.1) is 13.8 Å². The average Bonchev–Trinajstić information content (AvgIpc) is 3.22. The molecule has 0 fully saturated rings. The van der Waals surface area contributed by atoms with Crippen molar-refractivity contribution in [3.8, 4) is 0 Å². The van der Waals surface area contributed by atoms with Crippen LogP contribution in [0.2, 0.25) is 5.02 Å². The van der Waals surface area contributed by atoms with E-state index >= 15 is 0 Å². The van der Waals surface area contributed by atoms with Crippen LogP contribution in [0.4, 0.5) is 5.69 Å². The number of fused-ring (bicyclic) bond motifs is 1. The number of hydrogen-bond acceptors (Lipinski definition) is 3. The molecule has 0 atom stereocenters. The second kappa shape index (κ2) is 7.70. The average molecular weight is 475 g/mol. The lowest BCUT2D eigenvalue weighted by Gasteiger charge is -2.06. The van der Waals surface area contributed by atoms with E-state index in [1.807, 2.05) is 67.1 Å². The van der Waals surface area contributed by atoms with Gasteiger partial charge in [0.1, 0.15) is 4.83 Å². The molecule has 0 unspecified atom stereocenters. The summed E-state index contributed by atoms with van der Waals surface area (Å²) in [7, 11) is 0. The Balaban J connectivity index is 1.63. The van der Waals surface area contributed by atoms with E-state index in [0.29, 0.717) is 16.4 Å². The number of aromatic nitrogens is 2. The van der Waals surface area contributed by atoms with Gasteiger partial charge in [0.2, 0.25) is 0 Å². The molecule has 0 aliphatic heterocycles. The summed E-state index contributed by atoms with van der Waals surface area (Å²) in [5.41, 5.74) is 3.74. The van der Waals surface area contributed by atoms with Crippen LogP contribution in [0.25, 0.3) is 10.2 Å². The molecule has 4 rings (SSSR count). The first-order chi connectivity index (χ1) is 13.4. The first-order valence-electron chi connectivity index (χ1n) is 8.70. The Kier molecular flexibility index (Phi) is 5.27. The van der Waals surface area contributed by atoms with Crippen molar-refractivity contribution in [1.29, 1.82) is 0 Å². The molecule has 4 nitrogen and oxygen atoms in total. The molecule has 28 heavy (non-hydrogen) atoms. The third-order valence-electron chi connectivity index (χ3n) is 4.52. The number of hydrogen-bond donors (Lipinski definition) is 1. The van der Waals surface area contributed by atoms with E-state index in [2.05, 4.69) is 26.3 Å². The van der Waals surface area contributed by atoms with Gasteiger partial charge in [-0.3, -0.25) is 9.48 Å². The number of nitrogens with zero attached hydrogens (tertiary/aromatic N) is 2. The number of nitrogens with one attached hydrogen (secondary N) is 1. The largest absolute Gasteiger partial charge is 0.321 e. The highest BCUT2D eigenvalue weighted by molar-refractivity contribution is 9.10. The predicted molar refractivity (Wildman–Crippen MR) is 120 cm³/mol. The van der Waals surface area contributed by atoms with Crippen molar-refractivity contribution in [3.63, 3.8) is 0 Å². The van der Waals surface area contributed by atoms with Gasteiger partial charge in [0.05, 0.1) is 17.1 Å². The van der Waals surface area contributed by atoms with E-state index in [9.17, 15) is 4.79 Å². The van der Waals surface area contributed by atoms with Crippen LogP contribution in [0.1, 0.15) is 26.5 Å². The SMILES string of the molecule is Cc1cc(NC(=O)c2cc3c(C)nn(Cc4ccccc4Cl)c3s2)ccc1Br. The molecule has 7 heteroatoms. The van der Waals surface area contributed by atoms with Crippen LogP contribution >= 0.6 is 38.9 Å². The summed E-state index contributed by atoms with van der Waals surface area (Å²) < 4.78 is 2.93. The van der Waals surface area contributed by atoms with E-state index < -0.39 is 0 Å². The number of carbonyl (C=O) groups excluding carboxylic acids is 1. The van der Waals surface area contributed by atoms with Crippen LogP contribution in [0.3, 0.4) is 0 Å². The first kappa shape index (κ1) is 19.2. The smallest absolute Gasteiger partial charge is 0.265 e. The molecule has 1 amide bonds. The minimum Gasteiger partial charge on any atom is -0.321 e. The standard InChI is InChI=1S/C21H17BrClN3OS/c1-12-9-15(7-8-17(12)22)24-20(27)19-10-16-13(2)25-26(21(16)28-19)11-14-5-3-4-6-18(14)23/h3-10H,11H2,1-2H3,(H,24,27). The Hall–Kier alpha value is -2.15. The highest BCUT2D eigenvalue weighted by Gasteiger charge is 2.17. The Labute approximate surface area is 180 Å². The summed E-state index contributed by atoms with van der Waals surface area (Å²) in [6.07, 6.45) is 0. The maximum atomic E-state index is 12.7. The molecule has 142 valence electrons. The minimum atomic E-state index is -0.119.